The summed E-state index contributed by atoms with van der Waals surface area (Å²) in [5.74, 6) is -1.46. The number of para-hydroxylation sites is 1. The third-order valence-electron chi connectivity index (χ3n) is 4.79. The summed E-state index contributed by atoms with van der Waals surface area (Å²) >= 11 is 0. The molecular weight excluding hydrogens is 427 g/mol. The standard InChI is InChI=1S/C24H19FN4O4/c1-15-12-20(30)22(28-29(15)19-9-3-2-8-18(19)25)24(32)26-14-16-6-4-7-17(13-16)27-23(31)21-10-5-11-33-21/h2-13H,14H2,1H3,(H,26,32)(H,27,31). The molecule has 0 saturated carbocycles. The molecule has 9 heteroatoms. The van der Waals surface area contributed by atoms with E-state index in [1.807, 2.05) is 0 Å². The number of hydrogen-bond acceptors (Lipinski definition) is 5. The number of aromatic nitrogens is 2. The fraction of sp³-hybridized carbons (Fsp3) is 0.0833. The number of furan rings is 1. The predicted molar refractivity (Wildman–Crippen MR) is 119 cm³/mol. The normalized spacial score (nSPS) is 10.6. The lowest BCUT2D eigenvalue weighted by atomic mass is 10.2. The summed E-state index contributed by atoms with van der Waals surface area (Å²) in [6.07, 6.45) is 1.40. The van der Waals surface area contributed by atoms with Gasteiger partial charge in [-0.25, -0.2) is 9.07 Å². The van der Waals surface area contributed by atoms with Gasteiger partial charge in [0.05, 0.1) is 6.26 Å². The van der Waals surface area contributed by atoms with Crippen molar-refractivity contribution in [2.24, 2.45) is 0 Å². The number of benzene rings is 2. The molecule has 2 amide bonds. The number of hydrogen-bond donors (Lipinski definition) is 2. The molecule has 0 aliphatic heterocycles. The molecule has 0 aliphatic rings. The number of halogens is 1. The van der Waals surface area contributed by atoms with Gasteiger partial charge in [0.1, 0.15) is 11.5 Å². The fourth-order valence-electron chi connectivity index (χ4n) is 3.20. The highest BCUT2D eigenvalue weighted by molar-refractivity contribution is 6.02. The van der Waals surface area contributed by atoms with Gasteiger partial charge in [0.25, 0.3) is 11.8 Å². The Morgan fingerprint density at radius 3 is 2.61 bits per heavy atom. The third-order valence-corrected chi connectivity index (χ3v) is 4.79. The van der Waals surface area contributed by atoms with E-state index in [9.17, 15) is 18.8 Å². The largest absolute Gasteiger partial charge is 0.459 e. The molecule has 2 aromatic carbocycles. The first kappa shape index (κ1) is 21.7. The number of nitrogens with one attached hydrogen (secondary N) is 2. The van der Waals surface area contributed by atoms with E-state index in [1.165, 1.54) is 35.2 Å². The van der Waals surface area contributed by atoms with E-state index in [-0.39, 0.29) is 23.7 Å². The van der Waals surface area contributed by atoms with E-state index in [0.717, 1.165) is 0 Å². The van der Waals surface area contributed by atoms with E-state index in [4.69, 9.17) is 4.42 Å². The minimum atomic E-state index is -0.699. The van der Waals surface area contributed by atoms with Crippen LogP contribution in [-0.2, 0) is 6.54 Å². The topological polar surface area (TPSA) is 106 Å². The van der Waals surface area contributed by atoms with Crippen molar-refractivity contribution in [2.45, 2.75) is 13.5 Å². The lowest BCUT2D eigenvalue weighted by Gasteiger charge is -2.12. The Hall–Kier alpha value is -4.53. The van der Waals surface area contributed by atoms with Crippen LogP contribution in [0.15, 0.2) is 82.2 Å². The molecule has 0 spiro atoms. The zero-order chi connectivity index (χ0) is 23.4. The first-order chi connectivity index (χ1) is 15.9. The Bertz CT molecular complexity index is 1380. The van der Waals surface area contributed by atoms with Crippen molar-refractivity contribution in [3.63, 3.8) is 0 Å². The van der Waals surface area contributed by atoms with Crippen molar-refractivity contribution in [3.05, 3.63) is 112 Å². The second-order valence-corrected chi connectivity index (χ2v) is 7.18. The van der Waals surface area contributed by atoms with Crippen LogP contribution in [0.3, 0.4) is 0 Å². The van der Waals surface area contributed by atoms with Gasteiger partial charge in [0.2, 0.25) is 5.43 Å². The Morgan fingerprint density at radius 2 is 1.85 bits per heavy atom. The summed E-state index contributed by atoms with van der Waals surface area (Å²) in [6.45, 7) is 1.68. The Labute approximate surface area is 187 Å². The molecule has 8 nitrogen and oxygen atoms in total. The molecule has 0 bridgehead atoms. The van der Waals surface area contributed by atoms with Gasteiger partial charge in [-0.15, -0.1) is 0 Å². The number of amides is 2. The highest BCUT2D eigenvalue weighted by Crippen LogP contribution is 2.14. The molecule has 0 unspecified atom stereocenters. The SMILES string of the molecule is Cc1cc(=O)c(C(=O)NCc2cccc(NC(=O)c3ccco3)c2)nn1-c1ccccc1F. The van der Waals surface area contributed by atoms with E-state index in [1.54, 1.807) is 49.4 Å². The van der Waals surface area contributed by atoms with Gasteiger partial charge in [0.15, 0.2) is 11.5 Å². The molecule has 2 aromatic heterocycles. The summed E-state index contributed by atoms with van der Waals surface area (Å²) in [7, 11) is 0. The van der Waals surface area contributed by atoms with Crippen molar-refractivity contribution >= 4 is 17.5 Å². The third kappa shape index (κ3) is 4.87. The second-order valence-electron chi connectivity index (χ2n) is 7.18. The van der Waals surface area contributed by atoms with Crippen LogP contribution in [0.25, 0.3) is 5.69 Å². The predicted octanol–water partition coefficient (Wildman–Crippen LogP) is 3.46. The van der Waals surface area contributed by atoms with Crippen LogP contribution in [-0.4, -0.2) is 21.6 Å². The van der Waals surface area contributed by atoms with Gasteiger partial charge in [-0.3, -0.25) is 14.4 Å². The molecule has 4 rings (SSSR count). The average molecular weight is 446 g/mol. The number of carbonyl (C=O) groups is 2. The first-order valence-electron chi connectivity index (χ1n) is 10.0. The molecule has 2 N–H and O–H groups in total. The molecule has 0 saturated heterocycles. The zero-order valence-electron chi connectivity index (χ0n) is 17.5. The van der Waals surface area contributed by atoms with Crippen LogP contribution in [0.2, 0.25) is 0 Å². The average Bonchev–Trinajstić information content (AvgIpc) is 3.34. The Morgan fingerprint density at radius 1 is 1.03 bits per heavy atom. The maximum Gasteiger partial charge on any atom is 0.291 e. The lowest BCUT2D eigenvalue weighted by Crippen LogP contribution is -2.31. The van der Waals surface area contributed by atoms with Crippen LogP contribution in [0.4, 0.5) is 10.1 Å². The van der Waals surface area contributed by atoms with Crippen LogP contribution >= 0.6 is 0 Å². The monoisotopic (exact) mass is 446 g/mol. The smallest absolute Gasteiger partial charge is 0.291 e. The Balaban J connectivity index is 1.49. The summed E-state index contributed by atoms with van der Waals surface area (Å²) in [5.41, 5.74) is 0.787. The maximum absolute atomic E-state index is 14.2. The fourth-order valence-corrected chi connectivity index (χ4v) is 3.20. The number of carbonyl (C=O) groups excluding carboxylic acids is 2. The van der Waals surface area contributed by atoms with E-state index >= 15 is 0 Å². The molecule has 4 aromatic rings. The van der Waals surface area contributed by atoms with Gasteiger partial charge in [0, 0.05) is 24.0 Å². The number of anilines is 1. The van der Waals surface area contributed by atoms with E-state index in [0.29, 0.717) is 16.9 Å². The van der Waals surface area contributed by atoms with Crippen LogP contribution < -0.4 is 16.1 Å². The molecule has 33 heavy (non-hydrogen) atoms. The highest BCUT2D eigenvalue weighted by Gasteiger charge is 2.17. The summed E-state index contributed by atoms with van der Waals surface area (Å²) in [6, 6.07) is 17.2. The highest BCUT2D eigenvalue weighted by atomic mass is 19.1. The van der Waals surface area contributed by atoms with Crippen LogP contribution in [0.1, 0.15) is 32.3 Å². The van der Waals surface area contributed by atoms with Crippen LogP contribution in [0, 0.1) is 12.7 Å². The zero-order valence-corrected chi connectivity index (χ0v) is 17.5. The molecule has 166 valence electrons. The van der Waals surface area contributed by atoms with Gasteiger partial charge >= 0.3 is 0 Å². The minimum absolute atomic E-state index is 0.0813. The summed E-state index contributed by atoms with van der Waals surface area (Å²) < 4.78 is 20.5. The maximum atomic E-state index is 14.2. The van der Waals surface area contributed by atoms with E-state index < -0.39 is 23.1 Å². The molecule has 0 fully saturated rings. The number of rotatable bonds is 6. The molecule has 2 heterocycles. The first-order valence-corrected chi connectivity index (χ1v) is 10.0. The molecular formula is C24H19FN4O4. The molecule has 0 atom stereocenters. The van der Waals surface area contributed by atoms with Crippen molar-refractivity contribution in [1.29, 1.82) is 0 Å². The number of nitrogens with zero attached hydrogens (tertiary/aromatic N) is 2. The van der Waals surface area contributed by atoms with Gasteiger partial charge in [-0.1, -0.05) is 24.3 Å². The van der Waals surface area contributed by atoms with Crippen molar-refractivity contribution < 1.29 is 18.4 Å². The van der Waals surface area contributed by atoms with Crippen molar-refractivity contribution in [1.82, 2.24) is 15.1 Å². The molecule has 0 aliphatic carbocycles. The minimum Gasteiger partial charge on any atom is -0.459 e. The van der Waals surface area contributed by atoms with Crippen molar-refractivity contribution in [3.8, 4) is 5.69 Å². The quantitative estimate of drug-likeness (QED) is 0.472. The second kappa shape index (κ2) is 9.31. The number of aryl methyl sites for hydroxylation is 1. The molecule has 0 radical (unpaired) electrons. The summed E-state index contributed by atoms with van der Waals surface area (Å²) in [4.78, 5) is 37.2. The summed E-state index contributed by atoms with van der Waals surface area (Å²) in [5, 5.41) is 9.43. The Kier molecular flexibility index (Phi) is 6.12. The van der Waals surface area contributed by atoms with Gasteiger partial charge < -0.3 is 15.1 Å². The van der Waals surface area contributed by atoms with E-state index in [2.05, 4.69) is 15.7 Å². The lowest BCUT2D eigenvalue weighted by molar-refractivity contribution is 0.0941. The van der Waals surface area contributed by atoms with Gasteiger partial charge in [-0.05, 0) is 48.9 Å². The van der Waals surface area contributed by atoms with Gasteiger partial charge in [-0.2, -0.15) is 5.10 Å². The van der Waals surface area contributed by atoms with Crippen LogP contribution in [0.5, 0.6) is 0 Å². The van der Waals surface area contributed by atoms with Crippen molar-refractivity contribution in [2.75, 3.05) is 5.32 Å².